The van der Waals surface area contributed by atoms with Gasteiger partial charge in [0.15, 0.2) is 0 Å². The van der Waals surface area contributed by atoms with Crippen LogP contribution in [0.5, 0.6) is 0 Å². The Morgan fingerprint density at radius 1 is 1.33 bits per heavy atom. The molecule has 36 heavy (non-hydrogen) atoms. The number of fused-ring (bicyclic) bond motifs is 1. The van der Waals surface area contributed by atoms with Crippen molar-refractivity contribution < 1.29 is 29.0 Å². The molecule has 0 radical (unpaired) electrons. The van der Waals surface area contributed by atoms with Gasteiger partial charge in [-0.1, -0.05) is 53.0 Å². The van der Waals surface area contributed by atoms with Crippen LogP contribution in [0.3, 0.4) is 0 Å². The van der Waals surface area contributed by atoms with Gasteiger partial charge in [-0.05, 0) is 38.5 Å². The molecule has 0 aliphatic carbocycles. The average Bonchev–Trinajstić information content (AvgIpc) is 3.36. The highest BCUT2D eigenvalue weighted by Crippen LogP contribution is 2.65. The van der Waals surface area contributed by atoms with E-state index in [1.165, 1.54) is 0 Å². The van der Waals surface area contributed by atoms with Crippen LogP contribution in [0.15, 0.2) is 12.7 Å². The molecule has 1 spiro atoms. The van der Waals surface area contributed by atoms with Crippen molar-refractivity contribution in [2.45, 2.75) is 96.9 Å². The second-order valence-corrected chi connectivity index (χ2v) is 11.1. The Morgan fingerprint density at radius 3 is 2.58 bits per heavy atom. The number of hydrogen-bond acceptors (Lipinski definition) is 6. The molecule has 8 heteroatoms. The Labute approximate surface area is 216 Å². The van der Waals surface area contributed by atoms with E-state index in [0.717, 1.165) is 25.7 Å². The molecule has 8 nitrogen and oxygen atoms in total. The number of hydrogen-bond donors (Lipinski definition) is 1. The van der Waals surface area contributed by atoms with Crippen molar-refractivity contribution in [2.75, 3.05) is 26.3 Å². The molecular weight excluding hydrogens is 460 g/mol. The van der Waals surface area contributed by atoms with E-state index in [2.05, 4.69) is 13.5 Å². The first-order valence-electron chi connectivity index (χ1n) is 13.8. The SMILES string of the molecule is C=CCN(CCCCC)C(=O)C1N([C@@H](CO)[C@@H](C)CC)C(=O)[C@@H]2[C@H](C(=O)OCC)[C@@]3(C)OC12CC3C. The minimum absolute atomic E-state index is 0.0383. The van der Waals surface area contributed by atoms with Crippen molar-refractivity contribution in [2.24, 2.45) is 23.7 Å². The Kier molecular flexibility index (Phi) is 8.92. The van der Waals surface area contributed by atoms with Gasteiger partial charge in [0.05, 0.1) is 30.8 Å². The lowest BCUT2D eigenvalue weighted by Gasteiger charge is -2.41. The molecule has 3 heterocycles. The zero-order chi connectivity index (χ0) is 26.8. The minimum atomic E-state index is -1.13. The topological polar surface area (TPSA) is 96.4 Å². The van der Waals surface area contributed by atoms with Crippen LogP contribution in [0.1, 0.15) is 73.6 Å². The van der Waals surface area contributed by atoms with Gasteiger partial charge in [0.1, 0.15) is 17.6 Å². The zero-order valence-electron chi connectivity index (χ0n) is 23.0. The second-order valence-electron chi connectivity index (χ2n) is 11.1. The molecule has 0 saturated carbocycles. The van der Waals surface area contributed by atoms with Gasteiger partial charge >= 0.3 is 5.97 Å². The third kappa shape index (κ3) is 4.38. The number of aliphatic hydroxyl groups excluding tert-OH is 1. The molecule has 0 aromatic heterocycles. The molecule has 8 atom stereocenters. The summed E-state index contributed by atoms with van der Waals surface area (Å²) in [6, 6.07) is -1.46. The highest BCUT2D eigenvalue weighted by atomic mass is 16.6. The predicted octanol–water partition coefficient (Wildman–Crippen LogP) is 3.17. The summed E-state index contributed by atoms with van der Waals surface area (Å²) in [5.41, 5.74) is -2.03. The number of rotatable bonds is 13. The van der Waals surface area contributed by atoms with Gasteiger partial charge in [0.2, 0.25) is 11.8 Å². The fourth-order valence-electron chi connectivity index (χ4n) is 6.89. The van der Waals surface area contributed by atoms with Crippen molar-refractivity contribution in [1.29, 1.82) is 0 Å². The molecule has 3 saturated heterocycles. The third-order valence-electron chi connectivity index (χ3n) is 9.06. The Bertz CT molecular complexity index is 848. The first kappa shape index (κ1) is 28.6. The summed E-state index contributed by atoms with van der Waals surface area (Å²) < 4.78 is 12.2. The highest BCUT2D eigenvalue weighted by molar-refractivity contribution is 5.98. The van der Waals surface area contributed by atoms with E-state index in [9.17, 15) is 19.5 Å². The highest BCUT2D eigenvalue weighted by Gasteiger charge is 2.80. The van der Waals surface area contributed by atoms with E-state index in [1.54, 1.807) is 22.8 Å². The number of nitrogens with zero attached hydrogens (tertiary/aromatic N) is 2. The first-order valence-corrected chi connectivity index (χ1v) is 13.8. The van der Waals surface area contributed by atoms with E-state index < -0.39 is 41.1 Å². The monoisotopic (exact) mass is 506 g/mol. The maximum Gasteiger partial charge on any atom is 0.312 e. The molecule has 0 aromatic rings. The van der Waals surface area contributed by atoms with E-state index >= 15 is 0 Å². The molecule has 2 amide bonds. The largest absolute Gasteiger partial charge is 0.466 e. The third-order valence-corrected chi connectivity index (χ3v) is 9.06. The maximum absolute atomic E-state index is 14.4. The van der Waals surface area contributed by atoms with Crippen LogP contribution in [0.4, 0.5) is 0 Å². The Hall–Kier alpha value is -1.93. The fourth-order valence-corrected chi connectivity index (χ4v) is 6.89. The molecule has 3 aliphatic rings. The average molecular weight is 507 g/mol. The maximum atomic E-state index is 14.4. The fraction of sp³-hybridized carbons (Fsp3) is 0.821. The van der Waals surface area contributed by atoms with Crippen LogP contribution >= 0.6 is 0 Å². The van der Waals surface area contributed by atoms with Crippen LogP contribution in [0.25, 0.3) is 0 Å². The van der Waals surface area contributed by atoms with Gasteiger partial charge < -0.3 is 24.4 Å². The Balaban J connectivity index is 2.15. The summed E-state index contributed by atoms with van der Waals surface area (Å²) >= 11 is 0. The van der Waals surface area contributed by atoms with Crippen molar-refractivity contribution in [3.63, 3.8) is 0 Å². The summed E-state index contributed by atoms with van der Waals surface area (Å²) in [4.78, 5) is 45.2. The number of carbonyl (C=O) groups is 3. The molecule has 204 valence electrons. The smallest absolute Gasteiger partial charge is 0.312 e. The summed E-state index contributed by atoms with van der Waals surface area (Å²) in [5.74, 6) is -2.61. The van der Waals surface area contributed by atoms with Gasteiger partial charge in [-0.15, -0.1) is 6.58 Å². The van der Waals surface area contributed by atoms with Gasteiger partial charge in [0, 0.05) is 13.1 Å². The number of carbonyl (C=O) groups excluding carboxylic acids is 3. The van der Waals surface area contributed by atoms with E-state index in [1.807, 2.05) is 27.7 Å². The number of ether oxygens (including phenoxy) is 2. The minimum Gasteiger partial charge on any atom is -0.466 e. The zero-order valence-corrected chi connectivity index (χ0v) is 23.0. The number of likely N-dealkylation sites (tertiary alicyclic amines) is 1. The normalized spacial score (nSPS) is 34.4. The van der Waals surface area contributed by atoms with E-state index in [-0.39, 0.29) is 36.9 Å². The van der Waals surface area contributed by atoms with Gasteiger partial charge in [0.25, 0.3) is 0 Å². The molecule has 3 fully saturated rings. The van der Waals surface area contributed by atoms with Gasteiger partial charge in [-0.3, -0.25) is 14.4 Å². The van der Waals surface area contributed by atoms with Crippen LogP contribution in [0, 0.1) is 23.7 Å². The molecule has 2 bridgehead atoms. The summed E-state index contributed by atoms with van der Waals surface area (Å²) in [7, 11) is 0. The van der Waals surface area contributed by atoms with Crippen LogP contribution in [-0.4, -0.2) is 82.3 Å². The molecule has 1 N–H and O–H groups in total. The van der Waals surface area contributed by atoms with Crippen molar-refractivity contribution in [1.82, 2.24) is 9.80 Å². The number of unbranched alkanes of at least 4 members (excludes halogenated alkanes) is 2. The molecule has 3 aliphatic heterocycles. The Morgan fingerprint density at radius 2 is 2.03 bits per heavy atom. The quantitative estimate of drug-likeness (QED) is 0.234. The van der Waals surface area contributed by atoms with Crippen molar-refractivity contribution in [3.8, 4) is 0 Å². The summed E-state index contributed by atoms with van der Waals surface area (Å²) in [6.07, 6.45) is 5.80. The standard InChI is InChI=1S/C28H46N2O6/c1-8-12-13-15-29(14-9-2)25(33)23-28-16-19(6)27(7,36-28)22(26(34)35-11-4)21(28)24(32)30(23)20(17-31)18(5)10-3/h9,18-23,31H,2,8,10-17H2,1,3-7H3/t18-,19?,20-,21-,22+,23?,27-,28?/m0/s1. The van der Waals surface area contributed by atoms with Gasteiger partial charge in [-0.2, -0.15) is 0 Å². The lowest BCUT2D eigenvalue weighted by molar-refractivity contribution is -0.164. The lowest BCUT2D eigenvalue weighted by Crippen LogP contribution is -2.60. The summed E-state index contributed by atoms with van der Waals surface area (Å²) in [6.45, 7) is 16.5. The lowest BCUT2D eigenvalue weighted by atomic mass is 9.62. The first-order chi connectivity index (χ1) is 17.1. The number of esters is 1. The second kappa shape index (κ2) is 11.2. The predicted molar refractivity (Wildman–Crippen MR) is 137 cm³/mol. The van der Waals surface area contributed by atoms with Crippen LogP contribution in [-0.2, 0) is 23.9 Å². The van der Waals surface area contributed by atoms with E-state index in [0.29, 0.717) is 19.5 Å². The van der Waals surface area contributed by atoms with Crippen molar-refractivity contribution in [3.05, 3.63) is 12.7 Å². The molecule has 3 rings (SSSR count). The van der Waals surface area contributed by atoms with Crippen molar-refractivity contribution >= 4 is 17.8 Å². The number of amides is 2. The van der Waals surface area contributed by atoms with Gasteiger partial charge in [-0.25, -0.2) is 0 Å². The summed E-state index contributed by atoms with van der Waals surface area (Å²) in [5, 5.41) is 10.4. The van der Waals surface area contributed by atoms with E-state index in [4.69, 9.17) is 9.47 Å². The number of aliphatic hydroxyl groups is 1. The molecule has 3 unspecified atom stereocenters. The molecular formula is C28H46N2O6. The van der Waals surface area contributed by atoms with Crippen LogP contribution in [0.2, 0.25) is 0 Å². The van der Waals surface area contributed by atoms with Crippen LogP contribution < -0.4 is 0 Å². The molecule has 0 aromatic carbocycles.